The first kappa shape index (κ1) is 12.8. The highest BCUT2D eigenvalue weighted by Gasteiger charge is 2.04. The molecule has 0 heterocycles. The van der Waals surface area contributed by atoms with Crippen molar-refractivity contribution in [3.8, 4) is 5.75 Å². The lowest BCUT2D eigenvalue weighted by molar-refractivity contribution is 0.299. The van der Waals surface area contributed by atoms with Crippen LogP contribution in [0.25, 0.3) is 0 Å². The Hall–Kier alpha value is -0.620. The molecule has 0 bridgehead atoms. The summed E-state index contributed by atoms with van der Waals surface area (Å²) in [5, 5.41) is 0. The Balaban J connectivity index is 2.09. The molecule has 0 aliphatic heterocycles. The number of benzene rings is 2. The minimum Gasteiger partial charge on any atom is -0.489 e. The van der Waals surface area contributed by atoms with Crippen LogP contribution in [-0.4, -0.2) is 0 Å². The fraction of sp³-hybridized carbons (Fsp3) is 0.0769. The van der Waals surface area contributed by atoms with Gasteiger partial charge in [0.25, 0.3) is 0 Å². The molecular formula is C13H9BrFIO. The number of hydrogen-bond donors (Lipinski definition) is 0. The Bertz CT molecular complexity index is 531. The van der Waals surface area contributed by atoms with E-state index < -0.39 is 0 Å². The maximum absolute atomic E-state index is 13.4. The Morgan fingerprint density at radius 2 is 2.00 bits per heavy atom. The van der Waals surface area contributed by atoms with Gasteiger partial charge in [0, 0.05) is 13.6 Å². The van der Waals surface area contributed by atoms with Crippen molar-refractivity contribution < 1.29 is 9.13 Å². The third-order valence-electron chi connectivity index (χ3n) is 2.20. The molecule has 88 valence electrons. The van der Waals surface area contributed by atoms with Gasteiger partial charge < -0.3 is 4.74 Å². The van der Waals surface area contributed by atoms with Crippen molar-refractivity contribution in [3.63, 3.8) is 0 Å². The predicted octanol–water partition coefficient (Wildman–Crippen LogP) is 4.77. The van der Waals surface area contributed by atoms with E-state index in [4.69, 9.17) is 4.74 Å². The highest BCUT2D eigenvalue weighted by Crippen LogP contribution is 2.19. The van der Waals surface area contributed by atoms with Crippen LogP contribution >= 0.6 is 38.5 Å². The molecule has 2 aromatic rings. The second-order valence-corrected chi connectivity index (χ2v) is 5.64. The van der Waals surface area contributed by atoms with Gasteiger partial charge in [0.05, 0.1) is 0 Å². The zero-order valence-electron chi connectivity index (χ0n) is 8.79. The Morgan fingerprint density at radius 1 is 1.18 bits per heavy atom. The normalized spacial score (nSPS) is 10.3. The van der Waals surface area contributed by atoms with Gasteiger partial charge in [-0.3, -0.25) is 0 Å². The third kappa shape index (κ3) is 3.67. The summed E-state index contributed by atoms with van der Waals surface area (Å²) in [6, 6.07) is 12.5. The average molecular weight is 407 g/mol. The average Bonchev–Trinajstić information content (AvgIpc) is 2.30. The van der Waals surface area contributed by atoms with Crippen molar-refractivity contribution in [1.82, 2.24) is 0 Å². The lowest BCUT2D eigenvalue weighted by Crippen LogP contribution is -1.98. The smallest absolute Gasteiger partial charge is 0.129 e. The van der Waals surface area contributed by atoms with Crippen LogP contribution in [0.5, 0.6) is 5.75 Å². The summed E-state index contributed by atoms with van der Waals surface area (Å²) >= 11 is 5.52. The van der Waals surface area contributed by atoms with Gasteiger partial charge in [-0.2, -0.15) is 0 Å². The van der Waals surface area contributed by atoms with Gasteiger partial charge in [-0.1, -0.05) is 22.0 Å². The SMILES string of the molecule is Fc1ccc(Br)cc1COc1cccc(I)c1. The van der Waals surface area contributed by atoms with E-state index >= 15 is 0 Å². The molecule has 2 aromatic carbocycles. The minimum atomic E-state index is -0.251. The van der Waals surface area contributed by atoms with E-state index in [-0.39, 0.29) is 12.4 Å². The molecule has 0 radical (unpaired) electrons. The number of ether oxygens (including phenoxy) is 1. The molecular weight excluding hydrogens is 398 g/mol. The van der Waals surface area contributed by atoms with Crippen molar-refractivity contribution >= 4 is 38.5 Å². The van der Waals surface area contributed by atoms with Gasteiger partial charge in [-0.05, 0) is 59.0 Å². The van der Waals surface area contributed by atoms with Crippen molar-refractivity contribution in [2.24, 2.45) is 0 Å². The fourth-order valence-corrected chi connectivity index (χ4v) is 2.29. The lowest BCUT2D eigenvalue weighted by atomic mass is 10.2. The Labute approximate surface area is 121 Å². The summed E-state index contributed by atoms with van der Waals surface area (Å²) in [5.41, 5.74) is 0.540. The maximum atomic E-state index is 13.4. The molecule has 0 saturated carbocycles. The molecule has 0 aliphatic rings. The summed E-state index contributed by atoms with van der Waals surface area (Å²) in [6.07, 6.45) is 0. The molecule has 1 nitrogen and oxygen atoms in total. The molecule has 0 N–H and O–H groups in total. The van der Waals surface area contributed by atoms with Crippen LogP contribution in [0.1, 0.15) is 5.56 Å². The van der Waals surface area contributed by atoms with Crippen LogP contribution in [0, 0.1) is 9.39 Å². The Kier molecular flexibility index (Phi) is 4.39. The van der Waals surface area contributed by atoms with E-state index in [0.717, 1.165) is 13.8 Å². The molecule has 0 atom stereocenters. The summed E-state index contributed by atoms with van der Waals surface area (Å²) in [5.74, 6) is 0.495. The first-order chi connectivity index (χ1) is 8.15. The zero-order valence-corrected chi connectivity index (χ0v) is 12.5. The maximum Gasteiger partial charge on any atom is 0.129 e. The highest BCUT2D eigenvalue weighted by atomic mass is 127. The first-order valence-corrected chi connectivity index (χ1v) is 6.84. The van der Waals surface area contributed by atoms with E-state index in [1.54, 1.807) is 12.1 Å². The summed E-state index contributed by atoms with van der Waals surface area (Å²) < 4.78 is 20.9. The van der Waals surface area contributed by atoms with E-state index in [1.807, 2.05) is 24.3 Å². The van der Waals surface area contributed by atoms with Crippen LogP contribution in [-0.2, 0) is 6.61 Å². The minimum absolute atomic E-state index is 0.228. The number of rotatable bonds is 3. The lowest BCUT2D eigenvalue weighted by Gasteiger charge is -2.07. The van der Waals surface area contributed by atoms with E-state index in [0.29, 0.717) is 5.56 Å². The molecule has 0 fully saturated rings. The molecule has 0 aromatic heterocycles. The third-order valence-corrected chi connectivity index (χ3v) is 3.36. The van der Waals surface area contributed by atoms with Gasteiger partial charge >= 0.3 is 0 Å². The van der Waals surface area contributed by atoms with Crippen LogP contribution in [0.2, 0.25) is 0 Å². The van der Waals surface area contributed by atoms with E-state index in [1.165, 1.54) is 6.07 Å². The van der Waals surface area contributed by atoms with Crippen molar-refractivity contribution in [3.05, 3.63) is 61.9 Å². The number of halogens is 3. The van der Waals surface area contributed by atoms with Crippen molar-refractivity contribution in [2.75, 3.05) is 0 Å². The van der Waals surface area contributed by atoms with Crippen molar-refractivity contribution in [2.45, 2.75) is 6.61 Å². The summed E-state index contributed by atoms with van der Waals surface area (Å²) in [4.78, 5) is 0. The monoisotopic (exact) mass is 406 g/mol. The Morgan fingerprint density at radius 3 is 2.76 bits per heavy atom. The number of hydrogen-bond acceptors (Lipinski definition) is 1. The van der Waals surface area contributed by atoms with Gasteiger partial charge in [0.2, 0.25) is 0 Å². The molecule has 0 spiro atoms. The second kappa shape index (κ2) is 5.82. The topological polar surface area (TPSA) is 9.23 Å². The van der Waals surface area contributed by atoms with E-state index in [9.17, 15) is 4.39 Å². The van der Waals surface area contributed by atoms with Crippen LogP contribution in [0.15, 0.2) is 46.9 Å². The first-order valence-electron chi connectivity index (χ1n) is 4.97. The summed E-state index contributed by atoms with van der Waals surface area (Å²) in [7, 11) is 0. The molecule has 0 unspecified atom stereocenters. The van der Waals surface area contributed by atoms with E-state index in [2.05, 4.69) is 38.5 Å². The second-order valence-electron chi connectivity index (χ2n) is 3.48. The summed E-state index contributed by atoms with van der Waals surface area (Å²) in [6.45, 7) is 0.228. The molecule has 17 heavy (non-hydrogen) atoms. The van der Waals surface area contributed by atoms with Gasteiger partial charge in [-0.25, -0.2) is 4.39 Å². The predicted molar refractivity (Wildman–Crippen MR) is 77.6 cm³/mol. The largest absolute Gasteiger partial charge is 0.489 e. The zero-order chi connectivity index (χ0) is 12.3. The molecule has 4 heteroatoms. The van der Waals surface area contributed by atoms with Gasteiger partial charge in [-0.15, -0.1) is 0 Å². The fourth-order valence-electron chi connectivity index (χ4n) is 1.37. The van der Waals surface area contributed by atoms with Crippen LogP contribution in [0.3, 0.4) is 0 Å². The molecule has 0 aliphatic carbocycles. The van der Waals surface area contributed by atoms with Crippen LogP contribution < -0.4 is 4.74 Å². The van der Waals surface area contributed by atoms with Gasteiger partial charge in [0.1, 0.15) is 18.2 Å². The quantitative estimate of drug-likeness (QED) is 0.667. The highest BCUT2D eigenvalue weighted by molar-refractivity contribution is 14.1. The molecule has 0 amide bonds. The molecule has 2 rings (SSSR count). The van der Waals surface area contributed by atoms with Crippen LogP contribution in [0.4, 0.5) is 4.39 Å². The van der Waals surface area contributed by atoms with Gasteiger partial charge in [0.15, 0.2) is 0 Å². The van der Waals surface area contributed by atoms with Crippen molar-refractivity contribution in [1.29, 1.82) is 0 Å². The molecule has 0 saturated heterocycles. The standard InChI is InChI=1S/C13H9BrFIO/c14-10-4-5-13(15)9(6-10)8-17-12-3-1-2-11(16)7-12/h1-7H,8H2.